The van der Waals surface area contributed by atoms with Gasteiger partial charge in [-0.15, -0.1) is 0 Å². The number of hydrogen-bond donors (Lipinski definition) is 4. The predicted molar refractivity (Wildman–Crippen MR) is 135 cm³/mol. The number of nitrogens with two attached hydrogens (primary N) is 1. The Bertz CT molecular complexity index is 1230. The first-order valence-electron chi connectivity index (χ1n) is 11.6. The number of carboxylic acids is 1. The summed E-state index contributed by atoms with van der Waals surface area (Å²) in [5.74, 6) is -0.174. The smallest absolute Gasteiger partial charge is 0.339 e. The van der Waals surface area contributed by atoms with Crippen LogP contribution in [0, 0.1) is 6.92 Å². The highest BCUT2D eigenvalue weighted by molar-refractivity contribution is 6.06. The second-order valence-electron chi connectivity index (χ2n) is 8.02. The van der Waals surface area contributed by atoms with Crippen molar-refractivity contribution in [3.8, 4) is 17.2 Å². The van der Waals surface area contributed by atoms with Crippen LogP contribution in [0.1, 0.15) is 45.7 Å². The summed E-state index contributed by atoms with van der Waals surface area (Å²) in [6.45, 7) is 2.70. The SMILES string of the molecule is COc1c(OCCCO)cccc1C(=O)NCCCCOc1cccc2nc(C)c(C(=O)O)c(N)c12. The maximum Gasteiger partial charge on any atom is 0.339 e. The number of nitrogens with zero attached hydrogens (tertiary/aromatic N) is 1. The fourth-order valence-electron chi connectivity index (χ4n) is 3.80. The molecule has 192 valence electrons. The number of hydrogen-bond acceptors (Lipinski definition) is 8. The molecule has 2 aromatic carbocycles. The van der Waals surface area contributed by atoms with Gasteiger partial charge in [0.25, 0.3) is 5.91 Å². The van der Waals surface area contributed by atoms with E-state index in [0.29, 0.717) is 78.4 Å². The van der Waals surface area contributed by atoms with Gasteiger partial charge >= 0.3 is 5.97 Å². The number of rotatable bonds is 13. The van der Waals surface area contributed by atoms with Gasteiger partial charge in [0.15, 0.2) is 11.5 Å². The van der Waals surface area contributed by atoms with E-state index < -0.39 is 5.97 Å². The molecule has 0 aliphatic rings. The Hall–Kier alpha value is -4.05. The number of pyridine rings is 1. The molecule has 0 spiro atoms. The number of amides is 1. The fraction of sp³-hybridized carbons (Fsp3) is 0.346. The summed E-state index contributed by atoms with van der Waals surface area (Å²) in [4.78, 5) is 28.6. The van der Waals surface area contributed by atoms with E-state index in [4.69, 9.17) is 25.1 Å². The molecule has 0 radical (unpaired) electrons. The number of aromatic nitrogens is 1. The van der Waals surface area contributed by atoms with Crippen LogP contribution >= 0.6 is 0 Å². The molecule has 0 unspecified atom stereocenters. The Morgan fingerprint density at radius 1 is 1.03 bits per heavy atom. The van der Waals surface area contributed by atoms with E-state index in [9.17, 15) is 14.7 Å². The molecule has 0 saturated heterocycles. The normalized spacial score (nSPS) is 10.8. The lowest BCUT2D eigenvalue weighted by Crippen LogP contribution is -2.25. The highest BCUT2D eigenvalue weighted by Gasteiger charge is 2.19. The van der Waals surface area contributed by atoms with Crippen LogP contribution in [0.5, 0.6) is 17.2 Å². The summed E-state index contributed by atoms with van der Waals surface area (Å²) in [6, 6.07) is 10.3. The predicted octanol–water partition coefficient (Wildman–Crippen LogP) is 3.18. The molecule has 1 amide bonds. The molecular weight excluding hydrogens is 466 g/mol. The van der Waals surface area contributed by atoms with Gasteiger partial charge in [-0.05, 0) is 44.0 Å². The molecule has 1 aromatic heterocycles. The number of aliphatic hydroxyl groups excluding tert-OH is 1. The van der Waals surface area contributed by atoms with Gasteiger partial charge in [0.05, 0.1) is 48.2 Å². The molecule has 10 nitrogen and oxygen atoms in total. The third-order valence-corrected chi connectivity index (χ3v) is 5.51. The van der Waals surface area contributed by atoms with Crippen LogP contribution < -0.4 is 25.3 Å². The van der Waals surface area contributed by atoms with Crippen molar-refractivity contribution in [3.05, 3.63) is 53.2 Å². The molecule has 0 aliphatic carbocycles. The van der Waals surface area contributed by atoms with Gasteiger partial charge in [0.1, 0.15) is 11.3 Å². The first kappa shape index (κ1) is 26.6. The van der Waals surface area contributed by atoms with Crippen molar-refractivity contribution in [1.82, 2.24) is 10.3 Å². The Morgan fingerprint density at radius 3 is 2.44 bits per heavy atom. The average Bonchev–Trinajstić information content (AvgIpc) is 2.85. The molecule has 3 rings (SSSR count). The monoisotopic (exact) mass is 497 g/mol. The van der Waals surface area contributed by atoms with Crippen LogP contribution in [0.25, 0.3) is 10.9 Å². The summed E-state index contributed by atoms with van der Waals surface area (Å²) in [7, 11) is 1.47. The topological polar surface area (TPSA) is 153 Å². The number of benzene rings is 2. The van der Waals surface area contributed by atoms with Crippen molar-refractivity contribution in [3.63, 3.8) is 0 Å². The van der Waals surface area contributed by atoms with Gasteiger partial charge in [-0.3, -0.25) is 9.78 Å². The van der Waals surface area contributed by atoms with Crippen LogP contribution in [0.15, 0.2) is 36.4 Å². The number of para-hydroxylation sites is 1. The zero-order valence-corrected chi connectivity index (χ0v) is 20.4. The number of aryl methyl sites for hydroxylation is 1. The van der Waals surface area contributed by atoms with Gasteiger partial charge in [0.2, 0.25) is 0 Å². The minimum Gasteiger partial charge on any atom is -0.493 e. The molecule has 36 heavy (non-hydrogen) atoms. The number of nitrogens with one attached hydrogen (secondary N) is 1. The first-order valence-corrected chi connectivity index (χ1v) is 11.6. The van der Waals surface area contributed by atoms with Crippen molar-refractivity contribution < 1.29 is 34.0 Å². The standard InChI is InChI=1S/C26H31N3O7/c1-16-21(26(32)33)23(27)22-18(29-16)9-6-10-19(22)35-14-4-3-12-28-25(31)17-8-5-11-20(24(17)34-2)36-15-7-13-30/h5-6,8-11,30H,3-4,7,12-15H2,1-2H3,(H2,27,29)(H,28,31)(H,32,33). The maximum absolute atomic E-state index is 12.7. The number of ether oxygens (including phenoxy) is 3. The van der Waals surface area contributed by atoms with Crippen molar-refractivity contribution in [2.24, 2.45) is 0 Å². The van der Waals surface area contributed by atoms with Crippen LogP contribution in [0.2, 0.25) is 0 Å². The zero-order valence-electron chi connectivity index (χ0n) is 20.4. The van der Waals surface area contributed by atoms with E-state index in [1.165, 1.54) is 7.11 Å². The summed E-state index contributed by atoms with van der Waals surface area (Å²) < 4.78 is 16.9. The number of carboxylic acid groups (broad SMARTS) is 1. The van der Waals surface area contributed by atoms with E-state index in [2.05, 4.69) is 10.3 Å². The summed E-state index contributed by atoms with van der Waals surface area (Å²) in [5.41, 5.74) is 7.52. The van der Waals surface area contributed by atoms with Gasteiger partial charge < -0.3 is 35.5 Å². The van der Waals surface area contributed by atoms with Crippen LogP contribution in [0.3, 0.4) is 0 Å². The zero-order chi connectivity index (χ0) is 26.1. The number of nitrogen functional groups attached to an aromatic ring is 1. The molecule has 10 heteroatoms. The van der Waals surface area contributed by atoms with Crippen molar-refractivity contribution in [2.75, 3.05) is 39.2 Å². The van der Waals surface area contributed by atoms with Crippen molar-refractivity contribution in [2.45, 2.75) is 26.2 Å². The number of anilines is 1. The number of unbranched alkanes of at least 4 members (excludes halogenated alkanes) is 1. The molecule has 0 bridgehead atoms. The fourth-order valence-corrected chi connectivity index (χ4v) is 3.80. The molecule has 0 aliphatic heterocycles. The van der Waals surface area contributed by atoms with Gasteiger partial charge in [-0.2, -0.15) is 0 Å². The lowest BCUT2D eigenvalue weighted by molar-refractivity contribution is 0.0696. The van der Waals surface area contributed by atoms with Crippen LogP contribution in [0.4, 0.5) is 5.69 Å². The van der Waals surface area contributed by atoms with Gasteiger partial charge in [-0.25, -0.2) is 4.79 Å². The quantitative estimate of drug-likeness (QED) is 0.261. The van der Waals surface area contributed by atoms with Crippen LogP contribution in [-0.2, 0) is 0 Å². The van der Waals surface area contributed by atoms with Gasteiger partial charge in [0, 0.05) is 19.6 Å². The Kier molecular flexibility index (Phi) is 9.29. The third kappa shape index (κ3) is 6.14. The number of fused-ring (bicyclic) bond motifs is 1. The minimum atomic E-state index is -1.14. The van der Waals surface area contributed by atoms with Crippen molar-refractivity contribution >= 4 is 28.5 Å². The second-order valence-corrected chi connectivity index (χ2v) is 8.02. The molecule has 0 fully saturated rings. The summed E-state index contributed by atoms with van der Waals surface area (Å²) in [6.07, 6.45) is 1.77. The third-order valence-electron chi connectivity index (χ3n) is 5.51. The van der Waals surface area contributed by atoms with E-state index in [1.54, 1.807) is 43.3 Å². The second kappa shape index (κ2) is 12.6. The molecule has 0 atom stereocenters. The number of carbonyl (C=O) groups excluding carboxylic acids is 1. The minimum absolute atomic E-state index is 0.0139. The largest absolute Gasteiger partial charge is 0.493 e. The summed E-state index contributed by atoms with van der Waals surface area (Å²) >= 11 is 0. The Balaban J connectivity index is 1.55. The lowest BCUT2D eigenvalue weighted by atomic mass is 10.1. The maximum atomic E-state index is 12.7. The first-order chi connectivity index (χ1) is 17.4. The van der Waals surface area contributed by atoms with Crippen LogP contribution in [-0.4, -0.2) is 60.5 Å². The number of carbonyl (C=O) groups is 2. The van der Waals surface area contributed by atoms with E-state index in [1.807, 2.05) is 0 Å². The molecule has 0 saturated carbocycles. The lowest BCUT2D eigenvalue weighted by Gasteiger charge is -2.15. The summed E-state index contributed by atoms with van der Waals surface area (Å²) in [5, 5.41) is 21.7. The van der Waals surface area contributed by atoms with E-state index >= 15 is 0 Å². The number of methoxy groups -OCH3 is 1. The van der Waals surface area contributed by atoms with Crippen molar-refractivity contribution in [1.29, 1.82) is 0 Å². The molecular formula is C26H31N3O7. The average molecular weight is 498 g/mol. The van der Waals surface area contributed by atoms with Gasteiger partial charge in [-0.1, -0.05) is 12.1 Å². The Labute approximate surface area is 209 Å². The highest BCUT2D eigenvalue weighted by Crippen LogP contribution is 2.34. The van der Waals surface area contributed by atoms with E-state index in [0.717, 1.165) is 0 Å². The molecule has 3 aromatic rings. The number of aromatic carboxylic acids is 1. The Morgan fingerprint density at radius 2 is 1.72 bits per heavy atom. The highest BCUT2D eigenvalue weighted by atomic mass is 16.5. The van der Waals surface area contributed by atoms with E-state index in [-0.39, 0.29) is 23.8 Å². The number of aliphatic hydroxyl groups is 1. The molecule has 1 heterocycles. The molecule has 5 N–H and O–H groups in total.